The third-order valence-electron chi connectivity index (χ3n) is 2.99. The number of nitrogens with zero attached hydrogens (tertiary/aromatic N) is 1. The highest BCUT2D eigenvalue weighted by molar-refractivity contribution is 8.18. The maximum Gasteiger partial charge on any atom is 0.293 e. The zero-order valence-electron chi connectivity index (χ0n) is 12.3. The van der Waals surface area contributed by atoms with Crippen molar-refractivity contribution in [3.05, 3.63) is 28.7 Å². The topological polar surface area (TPSA) is 55.8 Å². The normalized spacial score (nSPS) is 16.0. The van der Waals surface area contributed by atoms with Crippen LogP contribution in [0.1, 0.15) is 12.5 Å². The Labute approximate surface area is 133 Å². The molecule has 6 heteroatoms. The fraction of sp³-hybridized carbons (Fsp3) is 0.250. The molecule has 2 rings (SSSR count). The number of ether oxygens (including phenoxy) is 2. The Morgan fingerprint density at radius 2 is 2.14 bits per heavy atom. The molecule has 114 valence electrons. The molecule has 22 heavy (non-hydrogen) atoms. The van der Waals surface area contributed by atoms with Gasteiger partial charge in [-0.2, -0.15) is 0 Å². The lowest BCUT2D eigenvalue weighted by Crippen LogP contribution is -2.27. The standard InChI is InChI=1S/C16H15NO4S/c1-4-8-21-12-7-6-11(9-13(12)20-3)10-14-15(18)17(5-2)16(19)22-14/h1,6-7,9-10H,5,8H2,2-3H3. The number of hydrogen-bond acceptors (Lipinski definition) is 5. The molecule has 2 amide bonds. The second-order valence-corrected chi connectivity index (χ2v) is 5.32. The van der Waals surface area contributed by atoms with Crippen LogP contribution < -0.4 is 9.47 Å². The van der Waals surface area contributed by atoms with Gasteiger partial charge in [-0.1, -0.05) is 12.0 Å². The number of terminal acetylenes is 1. The molecule has 0 aliphatic carbocycles. The highest BCUT2D eigenvalue weighted by atomic mass is 32.2. The molecule has 1 heterocycles. The van der Waals surface area contributed by atoms with Crippen molar-refractivity contribution >= 4 is 29.0 Å². The Morgan fingerprint density at radius 3 is 2.73 bits per heavy atom. The maximum absolute atomic E-state index is 12.1. The van der Waals surface area contributed by atoms with E-state index in [9.17, 15) is 9.59 Å². The van der Waals surface area contributed by atoms with E-state index in [0.29, 0.717) is 22.9 Å². The minimum Gasteiger partial charge on any atom is -0.493 e. The fourth-order valence-corrected chi connectivity index (χ4v) is 2.84. The number of hydrogen-bond donors (Lipinski definition) is 0. The van der Waals surface area contributed by atoms with Gasteiger partial charge >= 0.3 is 0 Å². The number of imide groups is 1. The zero-order valence-corrected chi connectivity index (χ0v) is 13.1. The van der Waals surface area contributed by atoms with Crippen LogP contribution in [0.5, 0.6) is 11.5 Å². The molecule has 1 aliphatic rings. The van der Waals surface area contributed by atoms with Gasteiger partial charge in [0.05, 0.1) is 12.0 Å². The second kappa shape index (κ2) is 7.05. The molecule has 0 radical (unpaired) electrons. The molecule has 0 N–H and O–H groups in total. The van der Waals surface area contributed by atoms with Crippen molar-refractivity contribution in [2.24, 2.45) is 0 Å². The number of carbonyl (C=O) groups is 2. The lowest BCUT2D eigenvalue weighted by atomic mass is 10.2. The molecule has 0 spiro atoms. The lowest BCUT2D eigenvalue weighted by molar-refractivity contribution is -0.122. The quantitative estimate of drug-likeness (QED) is 0.617. The SMILES string of the molecule is C#CCOc1ccc(C=C2SC(=O)N(CC)C2=O)cc1OC. The van der Waals surface area contributed by atoms with Gasteiger partial charge in [-0.15, -0.1) is 6.42 Å². The summed E-state index contributed by atoms with van der Waals surface area (Å²) in [6.07, 6.45) is 6.82. The Bertz CT molecular complexity index is 675. The van der Waals surface area contributed by atoms with Gasteiger partial charge in [0.15, 0.2) is 11.5 Å². The summed E-state index contributed by atoms with van der Waals surface area (Å²) in [7, 11) is 1.52. The highest BCUT2D eigenvalue weighted by Crippen LogP contribution is 2.34. The van der Waals surface area contributed by atoms with E-state index in [0.717, 1.165) is 17.3 Å². The summed E-state index contributed by atoms with van der Waals surface area (Å²) in [6, 6.07) is 5.21. The molecule has 0 bridgehead atoms. The second-order valence-electron chi connectivity index (χ2n) is 4.33. The van der Waals surface area contributed by atoms with Crippen molar-refractivity contribution < 1.29 is 19.1 Å². The van der Waals surface area contributed by atoms with Crippen LogP contribution in [-0.2, 0) is 4.79 Å². The van der Waals surface area contributed by atoms with E-state index in [1.165, 1.54) is 12.0 Å². The van der Waals surface area contributed by atoms with E-state index in [1.54, 1.807) is 31.2 Å². The molecule has 0 aromatic heterocycles. The number of likely N-dealkylation sites (N-methyl/N-ethyl adjacent to an activating group) is 1. The average Bonchev–Trinajstić information content (AvgIpc) is 2.79. The highest BCUT2D eigenvalue weighted by Gasteiger charge is 2.33. The van der Waals surface area contributed by atoms with Crippen LogP contribution in [0.2, 0.25) is 0 Å². The van der Waals surface area contributed by atoms with Crippen molar-refractivity contribution in [1.29, 1.82) is 0 Å². The molecular weight excluding hydrogens is 302 g/mol. The molecule has 1 saturated heterocycles. The molecule has 0 unspecified atom stereocenters. The molecule has 0 saturated carbocycles. The van der Waals surface area contributed by atoms with Gasteiger partial charge in [0.25, 0.3) is 11.1 Å². The van der Waals surface area contributed by atoms with Crippen LogP contribution in [0.25, 0.3) is 6.08 Å². The van der Waals surface area contributed by atoms with Crippen LogP contribution in [0.4, 0.5) is 4.79 Å². The van der Waals surface area contributed by atoms with Gasteiger partial charge in [0.2, 0.25) is 0 Å². The Morgan fingerprint density at radius 1 is 1.36 bits per heavy atom. The molecule has 0 atom stereocenters. The first-order valence-corrected chi connectivity index (χ1v) is 7.42. The number of rotatable bonds is 5. The van der Waals surface area contributed by atoms with Gasteiger partial charge < -0.3 is 9.47 Å². The fourth-order valence-electron chi connectivity index (χ4n) is 1.94. The van der Waals surface area contributed by atoms with Crippen molar-refractivity contribution in [3.8, 4) is 23.8 Å². The van der Waals surface area contributed by atoms with E-state index in [2.05, 4.69) is 5.92 Å². The van der Waals surface area contributed by atoms with Crippen LogP contribution in [-0.4, -0.2) is 36.3 Å². The first kappa shape index (κ1) is 16.0. The summed E-state index contributed by atoms with van der Waals surface area (Å²) in [6.45, 7) is 2.27. The van der Waals surface area contributed by atoms with Gasteiger partial charge in [0, 0.05) is 6.54 Å². The average molecular weight is 317 g/mol. The molecule has 5 nitrogen and oxygen atoms in total. The molecule has 1 aromatic rings. The summed E-state index contributed by atoms with van der Waals surface area (Å²) < 4.78 is 10.6. The summed E-state index contributed by atoms with van der Waals surface area (Å²) in [5.74, 6) is 3.15. The van der Waals surface area contributed by atoms with Crippen molar-refractivity contribution in [3.63, 3.8) is 0 Å². The van der Waals surface area contributed by atoms with Crippen LogP contribution in [0.15, 0.2) is 23.1 Å². The lowest BCUT2D eigenvalue weighted by Gasteiger charge is -2.09. The van der Waals surface area contributed by atoms with E-state index in [-0.39, 0.29) is 17.8 Å². The van der Waals surface area contributed by atoms with E-state index in [4.69, 9.17) is 15.9 Å². The van der Waals surface area contributed by atoms with Gasteiger partial charge in [-0.3, -0.25) is 14.5 Å². The molecule has 1 fully saturated rings. The number of thioether (sulfide) groups is 1. The Kier molecular flexibility index (Phi) is 5.12. The van der Waals surface area contributed by atoms with Crippen molar-refractivity contribution in [1.82, 2.24) is 4.90 Å². The molecular formula is C16H15NO4S. The summed E-state index contributed by atoms with van der Waals surface area (Å²) >= 11 is 0.933. The first-order valence-electron chi connectivity index (χ1n) is 6.60. The Hall–Kier alpha value is -2.39. The number of amides is 2. The van der Waals surface area contributed by atoms with Gasteiger partial charge in [-0.25, -0.2) is 0 Å². The van der Waals surface area contributed by atoms with Crippen LogP contribution in [0.3, 0.4) is 0 Å². The Balaban J connectivity index is 2.27. The predicted octanol–water partition coefficient (Wildman–Crippen LogP) is 2.76. The molecule has 1 aliphatic heterocycles. The van der Waals surface area contributed by atoms with E-state index >= 15 is 0 Å². The third-order valence-corrected chi connectivity index (χ3v) is 3.89. The summed E-state index contributed by atoms with van der Waals surface area (Å²) in [5.41, 5.74) is 0.742. The largest absolute Gasteiger partial charge is 0.493 e. The van der Waals surface area contributed by atoms with Crippen LogP contribution in [0, 0.1) is 12.3 Å². The number of benzene rings is 1. The monoisotopic (exact) mass is 317 g/mol. The summed E-state index contributed by atoms with van der Waals surface area (Å²) in [4.78, 5) is 25.3. The summed E-state index contributed by atoms with van der Waals surface area (Å²) in [5, 5.41) is -0.250. The van der Waals surface area contributed by atoms with Gasteiger partial charge in [0.1, 0.15) is 6.61 Å². The minimum atomic E-state index is -0.274. The smallest absolute Gasteiger partial charge is 0.293 e. The number of methoxy groups -OCH3 is 1. The van der Waals surface area contributed by atoms with E-state index in [1.807, 2.05) is 0 Å². The zero-order chi connectivity index (χ0) is 16.1. The van der Waals surface area contributed by atoms with E-state index < -0.39 is 0 Å². The maximum atomic E-state index is 12.1. The molecule has 1 aromatic carbocycles. The first-order chi connectivity index (χ1) is 10.6. The predicted molar refractivity (Wildman–Crippen MR) is 85.7 cm³/mol. The minimum absolute atomic E-state index is 0.144. The van der Waals surface area contributed by atoms with Crippen LogP contribution >= 0.6 is 11.8 Å². The van der Waals surface area contributed by atoms with Gasteiger partial charge in [-0.05, 0) is 42.5 Å². The van der Waals surface area contributed by atoms with Crippen molar-refractivity contribution in [2.45, 2.75) is 6.92 Å². The van der Waals surface area contributed by atoms with Crippen molar-refractivity contribution in [2.75, 3.05) is 20.3 Å². The third kappa shape index (κ3) is 3.26. The number of carbonyl (C=O) groups excluding carboxylic acids is 2.